The fourth-order valence-electron chi connectivity index (χ4n) is 2.20. The monoisotopic (exact) mass is 177 g/mol. The molecule has 0 bridgehead atoms. The van der Waals surface area contributed by atoms with E-state index in [-0.39, 0.29) is 0 Å². The first-order chi connectivity index (χ1) is 6.42. The van der Waals surface area contributed by atoms with Gasteiger partial charge in [0.1, 0.15) is 5.82 Å². The van der Waals surface area contributed by atoms with E-state index in [1.165, 1.54) is 25.9 Å². The molecule has 3 rings (SSSR count). The number of imidazole rings is 1. The van der Waals surface area contributed by atoms with Crippen LogP contribution in [0.1, 0.15) is 18.7 Å². The zero-order valence-corrected chi connectivity index (χ0v) is 7.74. The molecular weight excluding hydrogens is 162 g/mol. The summed E-state index contributed by atoms with van der Waals surface area (Å²) in [6.45, 7) is 3.60. The van der Waals surface area contributed by atoms with Crippen molar-refractivity contribution in [3.8, 4) is 0 Å². The molecule has 1 aliphatic heterocycles. The van der Waals surface area contributed by atoms with Gasteiger partial charge in [-0.15, -0.1) is 0 Å². The molecule has 2 heterocycles. The Hall–Kier alpha value is -0.830. The topological polar surface area (TPSA) is 31.9 Å². The third-order valence-electron chi connectivity index (χ3n) is 3.20. The van der Waals surface area contributed by atoms with Gasteiger partial charge in [0.05, 0.1) is 6.54 Å². The number of rotatable bonds is 3. The molecule has 0 aromatic carbocycles. The Morgan fingerprint density at radius 2 is 2.23 bits per heavy atom. The van der Waals surface area contributed by atoms with E-state index in [0.717, 1.165) is 24.2 Å². The molecule has 13 heavy (non-hydrogen) atoms. The minimum Gasteiger partial charge on any atom is -0.348 e. The summed E-state index contributed by atoms with van der Waals surface area (Å²) in [6, 6.07) is 0. The van der Waals surface area contributed by atoms with Gasteiger partial charge in [0, 0.05) is 25.5 Å². The van der Waals surface area contributed by atoms with Crippen LogP contribution < -0.4 is 0 Å². The third-order valence-corrected chi connectivity index (χ3v) is 3.20. The first-order valence-electron chi connectivity index (χ1n) is 5.12. The van der Waals surface area contributed by atoms with Crippen molar-refractivity contribution in [3.63, 3.8) is 0 Å². The van der Waals surface area contributed by atoms with Gasteiger partial charge in [0.2, 0.25) is 0 Å². The third kappa shape index (κ3) is 1.48. The predicted molar refractivity (Wildman–Crippen MR) is 50.1 cm³/mol. The van der Waals surface area contributed by atoms with Gasteiger partial charge in [0.15, 0.2) is 0 Å². The van der Waals surface area contributed by atoms with Crippen LogP contribution in [-0.2, 0) is 6.54 Å². The molecule has 0 spiro atoms. The highest BCUT2D eigenvalue weighted by molar-refractivity contribution is 4.94. The number of hydrogen-bond acceptors (Lipinski definition) is 2. The van der Waals surface area contributed by atoms with Crippen LogP contribution >= 0.6 is 0 Å². The summed E-state index contributed by atoms with van der Waals surface area (Å²) in [5.74, 6) is 3.19. The van der Waals surface area contributed by atoms with Crippen LogP contribution in [0.3, 0.4) is 0 Å². The number of aromatic amines is 1. The normalized spacial score (nSPS) is 24.6. The quantitative estimate of drug-likeness (QED) is 0.753. The fraction of sp³-hybridized carbons (Fsp3) is 0.700. The van der Waals surface area contributed by atoms with Crippen molar-refractivity contribution >= 4 is 0 Å². The van der Waals surface area contributed by atoms with Gasteiger partial charge in [0.25, 0.3) is 0 Å². The van der Waals surface area contributed by atoms with Crippen molar-refractivity contribution in [2.45, 2.75) is 19.4 Å². The summed E-state index contributed by atoms with van der Waals surface area (Å²) in [6.07, 6.45) is 6.69. The van der Waals surface area contributed by atoms with Crippen LogP contribution in [-0.4, -0.2) is 28.0 Å². The van der Waals surface area contributed by atoms with E-state index in [4.69, 9.17) is 0 Å². The standard InChI is InChI=1S/C10H15N3/c1-2-8(1)9-5-13(6-9)7-10-11-3-4-12-10/h3-4,8-9H,1-2,5-7H2,(H,11,12). The zero-order chi connectivity index (χ0) is 8.67. The maximum atomic E-state index is 4.23. The molecular formula is C10H15N3. The maximum Gasteiger partial charge on any atom is 0.120 e. The average molecular weight is 177 g/mol. The van der Waals surface area contributed by atoms with Crippen LogP contribution in [0, 0.1) is 11.8 Å². The summed E-state index contributed by atoms with van der Waals surface area (Å²) in [5.41, 5.74) is 0. The van der Waals surface area contributed by atoms with Gasteiger partial charge in [-0.05, 0) is 24.7 Å². The molecule has 0 atom stereocenters. The van der Waals surface area contributed by atoms with Gasteiger partial charge >= 0.3 is 0 Å². The van der Waals surface area contributed by atoms with Crippen LogP contribution in [0.25, 0.3) is 0 Å². The number of likely N-dealkylation sites (tertiary alicyclic amines) is 1. The first-order valence-corrected chi connectivity index (χ1v) is 5.12. The van der Waals surface area contributed by atoms with E-state index in [1.54, 1.807) is 0 Å². The van der Waals surface area contributed by atoms with Crippen LogP contribution in [0.2, 0.25) is 0 Å². The van der Waals surface area contributed by atoms with Crippen molar-refractivity contribution in [3.05, 3.63) is 18.2 Å². The minimum absolute atomic E-state index is 1.01. The molecule has 3 heteroatoms. The molecule has 0 amide bonds. The van der Waals surface area contributed by atoms with Crippen molar-refractivity contribution in [1.29, 1.82) is 0 Å². The summed E-state index contributed by atoms with van der Waals surface area (Å²) < 4.78 is 0. The lowest BCUT2D eigenvalue weighted by Crippen LogP contribution is -2.47. The molecule has 1 aliphatic carbocycles. The molecule has 0 radical (unpaired) electrons. The highest BCUT2D eigenvalue weighted by atomic mass is 15.2. The van der Waals surface area contributed by atoms with Crippen molar-refractivity contribution < 1.29 is 0 Å². The Morgan fingerprint density at radius 3 is 2.85 bits per heavy atom. The predicted octanol–water partition coefficient (Wildman–Crippen LogP) is 1.25. The smallest absolute Gasteiger partial charge is 0.120 e. The summed E-state index contributed by atoms with van der Waals surface area (Å²) >= 11 is 0. The van der Waals surface area contributed by atoms with Gasteiger partial charge in [-0.2, -0.15) is 0 Å². The molecule has 2 aliphatic rings. The van der Waals surface area contributed by atoms with E-state index in [1.807, 2.05) is 12.4 Å². The summed E-state index contributed by atoms with van der Waals surface area (Å²) in [5, 5.41) is 0. The van der Waals surface area contributed by atoms with Crippen molar-refractivity contribution in [2.24, 2.45) is 11.8 Å². The lowest BCUT2D eigenvalue weighted by molar-refractivity contribution is 0.0752. The molecule has 70 valence electrons. The highest BCUT2D eigenvalue weighted by Gasteiger charge is 2.38. The van der Waals surface area contributed by atoms with E-state index in [2.05, 4.69) is 14.9 Å². The largest absolute Gasteiger partial charge is 0.348 e. The molecule has 1 N–H and O–H groups in total. The van der Waals surface area contributed by atoms with Crippen LogP contribution in [0.15, 0.2) is 12.4 Å². The molecule has 1 saturated carbocycles. The fourth-order valence-corrected chi connectivity index (χ4v) is 2.20. The Balaban J connectivity index is 1.49. The van der Waals surface area contributed by atoms with Crippen LogP contribution in [0.5, 0.6) is 0 Å². The second-order valence-electron chi connectivity index (χ2n) is 4.33. The highest BCUT2D eigenvalue weighted by Crippen LogP contribution is 2.41. The Bertz CT molecular complexity index is 270. The zero-order valence-electron chi connectivity index (χ0n) is 7.74. The second kappa shape index (κ2) is 2.84. The summed E-state index contributed by atoms with van der Waals surface area (Å²) in [7, 11) is 0. The molecule has 0 unspecified atom stereocenters. The van der Waals surface area contributed by atoms with Crippen molar-refractivity contribution in [1.82, 2.24) is 14.9 Å². The first kappa shape index (κ1) is 7.56. The second-order valence-corrected chi connectivity index (χ2v) is 4.33. The van der Waals surface area contributed by atoms with E-state index in [0.29, 0.717) is 0 Å². The van der Waals surface area contributed by atoms with E-state index >= 15 is 0 Å². The van der Waals surface area contributed by atoms with E-state index < -0.39 is 0 Å². The van der Waals surface area contributed by atoms with E-state index in [9.17, 15) is 0 Å². The lowest BCUT2D eigenvalue weighted by Gasteiger charge is -2.39. The number of H-pyrrole nitrogens is 1. The average Bonchev–Trinajstić information content (AvgIpc) is 2.75. The minimum atomic E-state index is 1.01. The van der Waals surface area contributed by atoms with Gasteiger partial charge in [-0.3, -0.25) is 4.90 Å². The Kier molecular flexibility index (Phi) is 1.65. The molecule has 1 aromatic rings. The van der Waals surface area contributed by atoms with Gasteiger partial charge < -0.3 is 4.98 Å². The molecule has 2 fully saturated rings. The molecule has 3 nitrogen and oxygen atoms in total. The van der Waals surface area contributed by atoms with Crippen LogP contribution in [0.4, 0.5) is 0 Å². The number of nitrogens with zero attached hydrogens (tertiary/aromatic N) is 2. The SMILES string of the molecule is c1c[nH]c(CN2CC(C3CC3)C2)n1. The Morgan fingerprint density at radius 1 is 1.38 bits per heavy atom. The van der Waals surface area contributed by atoms with Crippen molar-refractivity contribution in [2.75, 3.05) is 13.1 Å². The maximum absolute atomic E-state index is 4.23. The van der Waals surface area contributed by atoms with Gasteiger partial charge in [-0.1, -0.05) is 0 Å². The molecule has 1 saturated heterocycles. The Labute approximate surface area is 78.2 Å². The summed E-state index contributed by atoms with van der Waals surface area (Å²) in [4.78, 5) is 9.84. The number of hydrogen-bond donors (Lipinski definition) is 1. The number of aromatic nitrogens is 2. The number of nitrogens with one attached hydrogen (secondary N) is 1. The molecule has 1 aromatic heterocycles. The lowest BCUT2D eigenvalue weighted by atomic mass is 9.95. The van der Waals surface area contributed by atoms with Gasteiger partial charge in [-0.25, -0.2) is 4.98 Å².